The van der Waals surface area contributed by atoms with Crippen molar-refractivity contribution in [2.75, 3.05) is 13.2 Å². The van der Waals surface area contributed by atoms with Crippen molar-refractivity contribution in [2.45, 2.75) is 44.8 Å². The molecule has 1 aliphatic rings. The summed E-state index contributed by atoms with van der Waals surface area (Å²) in [6.07, 6.45) is 2.83. The zero-order valence-electron chi connectivity index (χ0n) is 12.3. The van der Waals surface area contributed by atoms with Crippen molar-refractivity contribution in [3.63, 3.8) is 0 Å². The van der Waals surface area contributed by atoms with Gasteiger partial charge in [0.25, 0.3) is 0 Å². The van der Waals surface area contributed by atoms with Crippen molar-refractivity contribution in [1.82, 2.24) is 4.90 Å². The number of carbonyl (C=O) groups excluding carboxylic acids is 1. The molecule has 0 spiro atoms. The van der Waals surface area contributed by atoms with E-state index in [-0.39, 0.29) is 24.8 Å². The maximum atomic E-state index is 12.2. The average Bonchev–Trinajstić information content (AvgIpc) is 2.49. The first kappa shape index (κ1) is 16.3. The number of ether oxygens (including phenoxy) is 1. The minimum atomic E-state index is -0.237. The Kier molecular flexibility index (Phi) is 6.06. The van der Waals surface area contributed by atoms with Gasteiger partial charge in [0.15, 0.2) is 0 Å². The summed E-state index contributed by atoms with van der Waals surface area (Å²) in [5, 5.41) is 8.86. The fraction of sp³-hybridized carbons (Fsp3) is 0.562. The van der Waals surface area contributed by atoms with Crippen LogP contribution in [0.4, 0.5) is 4.79 Å². The number of aliphatic hydroxyl groups is 1. The topological polar surface area (TPSA) is 49.8 Å². The summed E-state index contributed by atoms with van der Waals surface area (Å²) in [5.41, 5.74) is 1.13. The van der Waals surface area contributed by atoms with Gasteiger partial charge in [-0.05, 0) is 37.0 Å². The van der Waals surface area contributed by atoms with Crippen molar-refractivity contribution in [1.29, 1.82) is 0 Å². The molecule has 0 radical (unpaired) electrons. The molecule has 1 N–H and O–H groups in total. The zero-order valence-corrected chi connectivity index (χ0v) is 13.9. The number of nitrogens with zero attached hydrogens (tertiary/aromatic N) is 1. The second kappa shape index (κ2) is 7.80. The zero-order chi connectivity index (χ0) is 15.2. The van der Waals surface area contributed by atoms with Crippen molar-refractivity contribution < 1.29 is 14.6 Å². The molecule has 0 saturated carbocycles. The normalized spacial score (nSPS) is 20.2. The SMILES string of the molecule is CC[C@@H](c1ccc(Br)cc1)N1CCC(CCCO)OC1=O. The number of cyclic esters (lactones) is 1. The molecule has 2 atom stereocenters. The van der Waals surface area contributed by atoms with E-state index >= 15 is 0 Å². The molecule has 4 nitrogen and oxygen atoms in total. The molecule has 2 rings (SSSR count). The lowest BCUT2D eigenvalue weighted by atomic mass is 10.0. The average molecular weight is 356 g/mol. The fourth-order valence-corrected chi connectivity index (χ4v) is 3.03. The van der Waals surface area contributed by atoms with Crippen LogP contribution in [-0.4, -0.2) is 35.4 Å². The smallest absolute Gasteiger partial charge is 0.410 e. The van der Waals surface area contributed by atoms with E-state index in [1.807, 2.05) is 29.2 Å². The van der Waals surface area contributed by atoms with Gasteiger partial charge in [0, 0.05) is 24.0 Å². The van der Waals surface area contributed by atoms with Crippen molar-refractivity contribution in [3.8, 4) is 0 Å². The monoisotopic (exact) mass is 355 g/mol. The van der Waals surface area contributed by atoms with Crippen molar-refractivity contribution in [2.24, 2.45) is 0 Å². The van der Waals surface area contributed by atoms with Crippen LogP contribution in [0.25, 0.3) is 0 Å². The molecule has 1 aliphatic heterocycles. The van der Waals surface area contributed by atoms with Gasteiger partial charge in [-0.1, -0.05) is 35.0 Å². The Balaban J connectivity index is 2.03. The van der Waals surface area contributed by atoms with Crippen LogP contribution in [0, 0.1) is 0 Å². The lowest BCUT2D eigenvalue weighted by Crippen LogP contribution is -2.43. The Labute approximate surface area is 134 Å². The minimum Gasteiger partial charge on any atom is -0.446 e. The largest absolute Gasteiger partial charge is 0.446 e. The molecular formula is C16H22BrNO3. The minimum absolute atomic E-state index is 0.0525. The van der Waals surface area contributed by atoms with Crippen LogP contribution < -0.4 is 0 Å². The Bertz CT molecular complexity index is 463. The highest BCUT2D eigenvalue weighted by Gasteiger charge is 2.31. The molecule has 1 amide bonds. The van der Waals surface area contributed by atoms with Crippen LogP contribution in [0.5, 0.6) is 0 Å². The van der Waals surface area contributed by atoms with Crippen LogP contribution in [0.3, 0.4) is 0 Å². The first-order valence-corrected chi connectivity index (χ1v) is 8.28. The summed E-state index contributed by atoms with van der Waals surface area (Å²) in [6, 6.07) is 8.14. The maximum absolute atomic E-state index is 12.2. The Morgan fingerprint density at radius 1 is 1.43 bits per heavy atom. The Morgan fingerprint density at radius 3 is 2.71 bits per heavy atom. The molecule has 116 valence electrons. The number of rotatable bonds is 6. The van der Waals surface area contributed by atoms with Crippen molar-refractivity contribution in [3.05, 3.63) is 34.3 Å². The van der Waals surface area contributed by atoms with Crippen LogP contribution in [0.1, 0.15) is 44.2 Å². The summed E-state index contributed by atoms with van der Waals surface area (Å²) in [5.74, 6) is 0. The van der Waals surface area contributed by atoms with E-state index in [1.165, 1.54) is 0 Å². The fourth-order valence-electron chi connectivity index (χ4n) is 2.77. The number of aliphatic hydroxyl groups excluding tert-OH is 1. The van der Waals surface area contributed by atoms with Gasteiger partial charge in [-0.15, -0.1) is 0 Å². The lowest BCUT2D eigenvalue weighted by Gasteiger charge is -2.37. The summed E-state index contributed by atoms with van der Waals surface area (Å²) >= 11 is 3.43. The third kappa shape index (κ3) is 4.20. The predicted molar refractivity (Wildman–Crippen MR) is 85.1 cm³/mol. The van der Waals surface area contributed by atoms with Gasteiger partial charge < -0.3 is 14.7 Å². The number of benzene rings is 1. The van der Waals surface area contributed by atoms with Crippen LogP contribution in [0.2, 0.25) is 0 Å². The highest BCUT2D eigenvalue weighted by molar-refractivity contribution is 9.10. The molecule has 0 aliphatic carbocycles. The number of hydrogen-bond donors (Lipinski definition) is 1. The molecule has 5 heteroatoms. The Hall–Kier alpha value is -1.07. The third-order valence-corrected chi connectivity index (χ3v) is 4.42. The first-order chi connectivity index (χ1) is 10.2. The van der Waals surface area contributed by atoms with E-state index in [0.29, 0.717) is 13.0 Å². The number of halogens is 1. The van der Waals surface area contributed by atoms with Gasteiger partial charge in [0.1, 0.15) is 6.10 Å². The number of hydrogen-bond acceptors (Lipinski definition) is 3. The second-order valence-corrected chi connectivity index (χ2v) is 6.24. The molecule has 21 heavy (non-hydrogen) atoms. The molecule has 0 bridgehead atoms. The van der Waals surface area contributed by atoms with E-state index in [4.69, 9.17) is 9.84 Å². The van der Waals surface area contributed by atoms with Crippen molar-refractivity contribution >= 4 is 22.0 Å². The quantitative estimate of drug-likeness (QED) is 0.842. The van der Waals surface area contributed by atoms with Gasteiger partial charge in [-0.3, -0.25) is 0 Å². The van der Waals surface area contributed by atoms with Crippen LogP contribution in [-0.2, 0) is 4.74 Å². The van der Waals surface area contributed by atoms with E-state index in [9.17, 15) is 4.79 Å². The summed E-state index contributed by atoms with van der Waals surface area (Å²) in [4.78, 5) is 14.1. The summed E-state index contributed by atoms with van der Waals surface area (Å²) in [6.45, 7) is 2.94. The van der Waals surface area contributed by atoms with Gasteiger partial charge >= 0.3 is 6.09 Å². The van der Waals surface area contributed by atoms with Crippen LogP contribution in [0.15, 0.2) is 28.7 Å². The van der Waals surface area contributed by atoms with Gasteiger partial charge in [-0.2, -0.15) is 0 Å². The first-order valence-electron chi connectivity index (χ1n) is 7.49. The van der Waals surface area contributed by atoms with Gasteiger partial charge in [0.05, 0.1) is 6.04 Å². The predicted octanol–water partition coefficient (Wildman–Crippen LogP) is 3.88. The van der Waals surface area contributed by atoms with Gasteiger partial charge in [0.2, 0.25) is 0 Å². The molecular weight excluding hydrogens is 334 g/mol. The highest BCUT2D eigenvalue weighted by Crippen LogP contribution is 2.29. The van der Waals surface area contributed by atoms with Crippen LogP contribution >= 0.6 is 15.9 Å². The standard InChI is InChI=1S/C16H22BrNO3/c1-2-15(12-5-7-13(17)8-6-12)18-10-9-14(4-3-11-19)21-16(18)20/h5-8,14-15,19H,2-4,9-11H2,1H3/t14?,15-/m0/s1. The van der Waals surface area contributed by atoms with E-state index in [0.717, 1.165) is 29.3 Å². The molecule has 1 fully saturated rings. The summed E-state index contributed by atoms with van der Waals surface area (Å²) < 4.78 is 6.53. The second-order valence-electron chi connectivity index (χ2n) is 5.33. The molecule has 1 aromatic carbocycles. The molecule has 0 aromatic heterocycles. The van der Waals surface area contributed by atoms with E-state index < -0.39 is 0 Å². The summed E-state index contributed by atoms with van der Waals surface area (Å²) in [7, 11) is 0. The Morgan fingerprint density at radius 2 is 2.14 bits per heavy atom. The number of carbonyl (C=O) groups is 1. The van der Waals surface area contributed by atoms with E-state index in [1.54, 1.807) is 0 Å². The lowest BCUT2D eigenvalue weighted by molar-refractivity contribution is 0.00467. The molecule has 1 aromatic rings. The number of amides is 1. The molecule has 1 saturated heterocycles. The molecule has 1 heterocycles. The maximum Gasteiger partial charge on any atom is 0.410 e. The highest BCUT2D eigenvalue weighted by atomic mass is 79.9. The molecule has 1 unspecified atom stereocenters. The van der Waals surface area contributed by atoms with E-state index in [2.05, 4.69) is 22.9 Å². The third-order valence-electron chi connectivity index (χ3n) is 3.90. The van der Waals surface area contributed by atoms with Gasteiger partial charge in [-0.25, -0.2) is 4.79 Å².